The maximum absolute atomic E-state index is 4.34. The van der Waals surface area contributed by atoms with Gasteiger partial charge in [-0.3, -0.25) is 0 Å². The molecule has 0 saturated heterocycles. The number of anilines is 1. The lowest BCUT2D eigenvalue weighted by molar-refractivity contribution is 0.884. The maximum atomic E-state index is 4.34. The van der Waals surface area contributed by atoms with Gasteiger partial charge in [-0.2, -0.15) is 0 Å². The molecule has 0 fully saturated rings. The van der Waals surface area contributed by atoms with Gasteiger partial charge in [-0.1, -0.05) is 0 Å². The van der Waals surface area contributed by atoms with E-state index in [1.54, 1.807) is 6.20 Å². The predicted octanol–water partition coefficient (Wildman–Crippen LogP) is 2.31. The summed E-state index contributed by atoms with van der Waals surface area (Å²) in [5, 5.41) is 3.25. The normalized spacial score (nSPS) is 11.1. The third kappa shape index (κ3) is 1.72. The molecule has 4 nitrogen and oxygen atoms in total. The van der Waals surface area contributed by atoms with Gasteiger partial charge in [-0.15, -0.1) is 0 Å². The molecule has 2 aromatic rings. The zero-order chi connectivity index (χ0) is 10.1. The SMILES string of the molecule is CC(C)Nc1nc(Br)cn2ccnc12. The van der Waals surface area contributed by atoms with E-state index >= 15 is 0 Å². The van der Waals surface area contributed by atoms with Gasteiger partial charge in [-0.25, -0.2) is 9.97 Å². The summed E-state index contributed by atoms with van der Waals surface area (Å²) in [4.78, 5) is 8.57. The monoisotopic (exact) mass is 254 g/mol. The summed E-state index contributed by atoms with van der Waals surface area (Å²) in [5.41, 5.74) is 0.849. The number of rotatable bonds is 2. The number of aromatic nitrogens is 3. The second-order valence-corrected chi connectivity index (χ2v) is 4.18. The third-order valence-corrected chi connectivity index (χ3v) is 2.15. The predicted molar refractivity (Wildman–Crippen MR) is 59.4 cm³/mol. The van der Waals surface area contributed by atoms with Crippen LogP contribution in [0.3, 0.4) is 0 Å². The standard InChI is InChI=1S/C9H11BrN4/c1-6(2)12-8-9-11-3-4-14(9)5-7(10)13-8/h3-6H,1-2H3,(H,12,13). The van der Waals surface area contributed by atoms with E-state index < -0.39 is 0 Å². The third-order valence-electron chi connectivity index (χ3n) is 1.77. The Labute approximate surface area is 90.5 Å². The van der Waals surface area contributed by atoms with E-state index in [1.165, 1.54) is 0 Å². The molecule has 0 saturated carbocycles. The van der Waals surface area contributed by atoms with Crippen molar-refractivity contribution in [3.05, 3.63) is 23.2 Å². The fourth-order valence-electron chi connectivity index (χ4n) is 1.27. The van der Waals surface area contributed by atoms with Crippen molar-refractivity contribution in [1.82, 2.24) is 14.4 Å². The Morgan fingerprint density at radius 1 is 1.50 bits per heavy atom. The molecule has 2 rings (SSSR count). The Balaban J connectivity index is 2.55. The highest BCUT2D eigenvalue weighted by Gasteiger charge is 2.06. The molecule has 0 atom stereocenters. The van der Waals surface area contributed by atoms with Crippen LogP contribution in [-0.4, -0.2) is 20.4 Å². The molecular weight excluding hydrogens is 244 g/mol. The molecule has 0 aliphatic heterocycles. The van der Waals surface area contributed by atoms with Crippen molar-refractivity contribution >= 4 is 27.4 Å². The van der Waals surface area contributed by atoms with Crippen LogP contribution < -0.4 is 5.32 Å². The van der Waals surface area contributed by atoms with Crippen LogP contribution in [0.5, 0.6) is 0 Å². The Morgan fingerprint density at radius 3 is 3.00 bits per heavy atom. The number of hydrogen-bond acceptors (Lipinski definition) is 3. The van der Waals surface area contributed by atoms with Crippen molar-refractivity contribution in [1.29, 1.82) is 0 Å². The maximum Gasteiger partial charge on any atom is 0.180 e. The first-order valence-corrected chi connectivity index (χ1v) is 5.22. The lowest BCUT2D eigenvalue weighted by atomic mass is 10.4. The van der Waals surface area contributed by atoms with Crippen molar-refractivity contribution in [2.75, 3.05) is 5.32 Å². The molecular formula is C9H11BrN4. The Bertz CT molecular complexity index is 449. The molecule has 0 unspecified atom stereocenters. The van der Waals surface area contributed by atoms with E-state index in [9.17, 15) is 0 Å². The minimum atomic E-state index is 0.345. The number of nitrogens with one attached hydrogen (secondary N) is 1. The van der Waals surface area contributed by atoms with Gasteiger partial charge in [0.1, 0.15) is 4.60 Å². The molecule has 2 aromatic heterocycles. The number of nitrogens with zero attached hydrogens (tertiary/aromatic N) is 3. The first-order valence-electron chi connectivity index (χ1n) is 4.42. The van der Waals surface area contributed by atoms with E-state index in [0.717, 1.165) is 16.1 Å². The smallest absolute Gasteiger partial charge is 0.180 e. The van der Waals surface area contributed by atoms with Crippen LogP contribution in [0, 0.1) is 0 Å². The zero-order valence-electron chi connectivity index (χ0n) is 8.03. The Hall–Kier alpha value is -1.10. The lowest BCUT2D eigenvalue weighted by Gasteiger charge is -2.09. The van der Waals surface area contributed by atoms with Gasteiger partial charge in [0.2, 0.25) is 0 Å². The summed E-state index contributed by atoms with van der Waals surface area (Å²) in [6, 6.07) is 0.345. The molecule has 0 radical (unpaired) electrons. The summed E-state index contributed by atoms with van der Waals surface area (Å²) in [7, 11) is 0. The van der Waals surface area contributed by atoms with E-state index in [2.05, 4.69) is 45.1 Å². The van der Waals surface area contributed by atoms with E-state index in [-0.39, 0.29) is 0 Å². The molecule has 5 heteroatoms. The number of hydrogen-bond donors (Lipinski definition) is 1. The van der Waals surface area contributed by atoms with E-state index in [4.69, 9.17) is 0 Å². The van der Waals surface area contributed by atoms with Gasteiger partial charge < -0.3 is 9.72 Å². The number of imidazole rings is 1. The van der Waals surface area contributed by atoms with Crippen molar-refractivity contribution < 1.29 is 0 Å². The second-order valence-electron chi connectivity index (χ2n) is 3.37. The fraction of sp³-hybridized carbons (Fsp3) is 0.333. The van der Waals surface area contributed by atoms with Gasteiger partial charge in [0.15, 0.2) is 11.5 Å². The average molecular weight is 255 g/mol. The van der Waals surface area contributed by atoms with Gasteiger partial charge in [-0.05, 0) is 29.8 Å². The van der Waals surface area contributed by atoms with Crippen LogP contribution in [0.25, 0.3) is 5.65 Å². The Kier molecular flexibility index (Phi) is 2.41. The van der Waals surface area contributed by atoms with Gasteiger partial charge in [0.05, 0.1) is 0 Å². The first kappa shape index (κ1) is 9.45. The summed E-state index contributed by atoms with van der Waals surface area (Å²) in [5.74, 6) is 0.805. The molecule has 0 amide bonds. The molecule has 74 valence electrons. The minimum absolute atomic E-state index is 0.345. The summed E-state index contributed by atoms with van der Waals surface area (Å²) < 4.78 is 2.73. The largest absolute Gasteiger partial charge is 0.365 e. The summed E-state index contributed by atoms with van der Waals surface area (Å²) in [6.45, 7) is 4.14. The van der Waals surface area contributed by atoms with E-state index in [0.29, 0.717) is 6.04 Å². The molecule has 0 aliphatic carbocycles. The lowest BCUT2D eigenvalue weighted by Crippen LogP contribution is -2.12. The van der Waals surface area contributed by atoms with Gasteiger partial charge in [0, 0.05) is 24.6 Å². The molecule has 2 heterocycles. The first-order chi connectivity index (χ1) is 6.66. The molecule has 0 aliphatic rings. The quantitative estimate of drug-likeness (QED) is 0.895. The highest BCUT2D eigenvalue weighted by molar-refractivity contribution is 9.10. The number of fused-ring (bicyclic) bond motifs is 1. The molecule has 0 aromatic carbocycles. The molecule has 0 spiro atoms. The zero-order valence-corrected chi connectivity index (χ0v) is 9.62. The van der Waals surface area contributed by atoms with Crippen LogP contribution in [0.15, 0.2) is 23.2 Å². The Morgan fingerprint density at radius 2 is 2.29 bits per heavy atom. The van der Waals surface area contributed by atoms with Crippen molar-refractivity contribution in [2.24, 2.45) is 0 Å². The molecule has 0 bridgehead atoms. The summed E-state index contributed by atoms with van der Waals surface area (Å²) in [6.07, 6.45) is 5.54. The van der Waals surface area contributed by atoms with Crippen LogP contribution in [0.2, 0.25) is 0 Å². The van der Waals surface area contributed by atoms with Gasteiger partial charge >= 0.3 is 0 Å². The van der Waals surface area contributed by atoms with Gasteiger partial charge in [0.25, 0.3) is 0 Å². The van der Waals surface area contributed by atoms with Crippen LogP contribution in [0.1, 0.15) is 13.8 Å². The fourth-order valence-corrected chi connectivity index (χ4v) is 1.67. The van der Waals surface area contributed by atoms with E-state index in [1.807, 2.05) is 16.8 Å². The highest BCUT2D eigenvalue weighted by atomic mass is 79.9. The van der Waals surface area contributed by atoms with Crippen LogP contribution in [0.4, 0.5) is 5.82 Å². The summed E-state index contributed by atoms with van der Waals surface area (Å²) >= 11 is 3.36. The van der Waals surface area contributed by atoms with Crippen molar-refractivity contribution in [2.45, 2.75) is 19.9 Å². The number of halogens is 1. The van der Waals surface area contributed by atoms with Crippen molar-refractivity contribution in [3.8, 4) is 0 Å². The van der Waals surface area contributed by atoms with Crippen LogP contribution in [-0.2, 0) is 0 Å². The topological polar surface area (TPSA) is 42.2 Å². The van der Waals surface area contributed by atoms with Crippen LogP contribution >= 0.6 is 15.9 Å². The van der Waals surface area contributed by atoms with Crippen molar-refractivity contribution in [3.63, 3.8) is 0 Å². The molecule has 1 N–H and O–H groups in total. The minimum Gasteiger partial charge on any atom is -0.365 e. The molecule has 14 heavy (non-hydrogen) atoms. The highest BCUT2D eigenvalue weighted by Crippen LogP contribution is 2.17. The second kappa shape index (κ2) is 3.57. The average Bonchev–Trinajstić information content (AvgIpc) is 2.50.